The number of rotatable bonds is 1. The number of hydrogen-bond donors (Lipinski definition) is 3. The number of hydrogen-bond acceptors (Lipinski definition) is 2. The molecule has 2 rings (SSSR count). The predicted molar refractivity (Wildman–Crippen MR) is 78.4 cm³/mol. The van der Waals surface area contributed by atoms with Gasteiger partial charge in [-0.15, -0.1) is 0 Å². The second kappa shape index (κ2) is 6.84. The van der Waals surface area contributed by atoms with Crippen LogP contribution in [0.5, 0.6) is 0 Å². The Balaban J connectivity index is 0.000000357. The van der Waals surface area contributed by atoms with Crippen LogP contribution < -0.4 is 10.6 Å². The number of aromatic nitrogens is 1. The van der Waals surface area contributed by atoms with Gasteiger partial charge in [0.15, 0.2) is 0 Å². The van der Waals surface area contributed by atoms with Crippen molar-refractivity contribution in [2.24, 2.45) is 0 Å². The molecule has 1 aromatic carbocycles. The maximum Gasteiger partial charge on any atom is 0.448 e. The summed E-state index contributed by atoms with van der Waals surface area (Å²) in [5.41, 5.74) is 1.17. The Kier molecular flexibility index (Phi) is 5.43. The van der Waals surface area contributed by atoms with Crippen LogP contribution in [-0.2, 0) is 0 Å². The molecule has 0 fully saturated rings. The lowest BCUT2D eigenvalue weighted by Gasteiger charge is -1.85. The molecular formula is C14H18BNO2. The smallest absolute Gasteiger partial charge is 0.427 e. The molecule has 0 bridgehead atoms. The molecule has 0 spiro atoms. The van der Waals surface area contributed by atoms with Crippen LogP contribution in [-0.4, -0.2) is 22.2 Å². The van der Waals surface area contributed by atoms with Gasteiger partial charge in [0.2, 0.25) is 0 Å². The average Bonchev–Trinajstić information content (AvgIpc) is 2.66. The van der Waals surface area contributed by atoms with Crippen molar-refractivity contribution < 1.29 is 10.0 Å². The van der Waals surface area contributed by atoms with Crippen molar-refractivity contribution in [3.8, 4) is 0 Å². The normalized spacial score (nSPS) is 12.2. The molecule has 0 aliphatic carbocycles. The molecule has 1 heterocycles. The SMILES string of the molecule is C=C/C=c1/[nH]c2ccccc2/c1=C/C.CB(O)O. The van der Waals surface area contributed by atoms with Gasteiger partial charge in [-0.3, -0.25) is 0 Å². The Labute approximate surface area is 107 Å². The molecule has 18 heavy (non-hydrogen) atoms. The van der Waals surface area contributed by atoms with Crippen molar-refractivity contribution in [1.29, 1.82) is 0 Å². The van der Waals surface area contributed by atoms with Crippen LogP contribution in [0.3, 0.4) is 0 Å². The van der Waals surface area contributed by atoms with E-state index in [9.17, 15) is 0 Å². The van der Waals surface area contributed by atoms with Crippen LogP contribution >= 0.6 is 0 Å². The summed E-state index contributed by atoms with van der Waals surface area (Å²) < 4.78 is 0. The van der Waals surface area contributed by atoms with Crippen molar-refractivity contribution >= 4 is 30.2 Å². The molecule has 4 heteroatoms. The van der Waals surface area contributed by atoms with E-state index in [-0.39, 0.29) is 0 Å². The fraction of sp³-hybridized carbons (Fsp3) is 0.143. The minimum absolute atomic E-state index is 1.13. The zero-order valence-corrected chi connectivity index (χ0v) is 10.7. The third-order valence-corrected chi connectivity index (χ3v) is 2.35. The first-order valence-corrected chi connectivity index (χ1v) is 5.82. The first-order chi connectivity index (χ1) is 8.60. The lowest BCUT2D eigenvalue weighted by atomic mass is 9.99. The van der Waals surface area contributed by atoms with E-state index in [1.54, 1.807) is 6.08 Å². The zero-order valence-electron chi connectivity index (χ0n) is 10.7. The molecule has 0 atom stereocenters. The minimum atomic E-state index is -1.17. The van der Waals surface area contributed by atoms with Crippen molar-refractivity contribution in [1.82, 2.24) is 4.98 Å². The average molecular weight is 243 g/mol. The Morgan fingerprint density at radius 2 is 1.89 bits per heavy atom. The highest BCUT2D eigenvalue weighted by Gasteiger charge is 1.96. The van der Waals surface area contributed by atoms with E-state index in [1.165, 1.54) is 22.9 Å². The van der Waals surface area contributed by atoms with Gasteiger partial charge < -0.3 is 15.0 Å². The van der Waals surface area contributed by atoms with Gasteiger partial charge in [-0.25, -0.2) is 0 Å². The van der Waals surface area contributed by atoms with Gasteiger partial charge in [0, 0.05) is 21.5 Å². The van der Waals surface area contributed by atoms with E-state index in [4.69, 9.17) is 10.0 Å². The Hall–Kier alpha value is -1.78. The van der Waals surface area contributed by atoms with Gasteiger partial charge in [-0.2, -0.15) is 0 Å². The van der Waals surface area contributed by atoms with E-state index >= 15 is 0 Å². The second-order valence-electron chi connectivity index (χ2n) is 3.82. The molecule has 0 saturated carbocycles. The Morgan fingerprint density at radius 3 is 2.44 bits per heavy atom. The molecule has 3 N–H and O–H groups in total. The van der Waals surface area contributed by atoms with Gasteiger partial charge in [0.05, 0.1) is 0 Å². The third-order valence-electron chi connectivity index (χ3n) is 2.35. The third kappa shape index (κ3) is 3.62. The summed E-state index contributed by atoms with van der Waals surface area (Å²) in [6.45, 7) is 7.04. The van der Waals surface area contributed by atoms with Gasteiger partial charge in [0.25, 0.3) is 0 Å². The van der Waals surface area contributed by atoms with Crippen molar-refractivity contribution in [3.05, 3.63) is 47.5 Å². The molecule has 0 radical (unpaired) electrons. The summed E-state index contributed by atoms with van der Waals surface area (Å²) in [7, 11) is -1.17. The molecular weight excluding hydrogens is 225 g/mol. The minimum Gasteiger partial charge on any atom is -0.427 e. The first-order valence-electron chi connectivity index (χ1n) is 5.82. The number of aromatic amines is 1. The summed E-state index contributed by atoms with van der Waals surface area (Å²) in [6.07, 6.45) is 5.92. The van der Waals surface area contributed by atoms with Crippen LogP contribution in [0.1, 0.15) is 6.92 Å². The summed E-state index contributed by atoms with van der Waals surface area (Å²) in [4.78, 5) is 3.36. The molecule has 2 aromatic rings. The fourth-order valence-electron chi connectivity index (χ4n) is 1.74. The highest BCUT2D eigenvalue weighted by atomic mass is 16.4. The van der Waals surface area contributed by atoms with E-state index in [2.05, 4.69) is 42.8 Å². The van der Waals surface area contributed by atoms with Crippen molar-refractivity contribution in [2.75, 3.05) is 0 Å². The number of allylic oxidation sites excluding steroid dienone is 1. The van der Waals surface area contributed by atoms with Gasteiger partial charge in [0.1, 0.15) is 0 Å². The molecule has 0 aliphatic rings. The van der Waals surface area contributed by atoms with Crippen LogP contribution in [0.2, 0.25) is 6.82 Å². The standard InChI is InChI=1S/C13H13N.CH5BO2/c1-3-7-12-10(4-2)11-8-5-6-9-13(11)14-12;1-2(3)4/h3-9,14H,1H2,2H3;3-4H,1H3/b10-4-,12-7+;. The highest BCUT2D eigenvalue weighted by Crippen LogP contribution is 2.03. The monoisotopic (exact) mass is 243 g/mol. The molecule has 0 saturated heterocycles. The van der Waals surface area contributed by atoms with Gasteiger partial charge in [-0.05, 0) is 25.9 Å². The van der Waals surface area contributed by atoms with Crippen LogP contribution in [0.4, 0.5) is 0 Å². The Bertz CT molecular complexity index is 626. The topological polar surface area (TPSA) is 56.2 Å². The number of para-hydroxylation sites is 1. The quantitative estimate of drug-likeness (QED) is 0.655. The highest BCUT2D eigenvalue weighted by molar-refractivity contribution is 6.38. The lowest BCUT2D eigenvalue weighted by Crippen LogP contribution is -2.21. The molecule has 1 aromatic heterocycles. The van der Waals surface area contributed by atoms with Gasteiger partial charge in [-0.1, -0.05) is 36.9 Å². The van der Waals surface area contributed by atoms with Crippen LogP contribution in [0, 0.1) is 0 Å². The largest absolute Gasteiger partial charge is 0.448 e. The van der Waals surface area contributed by atoms with E-state index in [0.29, 0.717) is 0 Å². The first kappa shape index (κ1) is 14.3. The molecule has 3 nitrogen and oxygen atoms in total. The van der Waals surface area contributed by atoms with E-state index < -0.39 is 7.12 Å². The number of fused-ring (bicyclic) bond motifs is 1. The number of benzene rings is 1. The van der Waals surface area contributed by atoms with Crippen molar-refractivity contribution in [3.63, 3.8) is 0 Å². The maximum absolute atomic E-state index is 7.61. The summed E-state index contributed by atoms with van der Waals surface area (Å²) in [6, 6.07) is 8.31. The maximum atomic E-state index is 7.61. The zero-order chi connectivity index (χ0) is 13.5. The van der Waals surface area contributed by atoms with Crippen LogP contribution in [0.25, 0.3) is 23.1 Å². The van der Waals surface area contributed by atoms with E-state index in [0.717, 1.165) is 5.35 Å². The molecule has 0 unspecified atom stereocenters. The fourth-order valence-corrected chi connectivity index (χ4v) is 1.74. The Morgan fingerprint density at radius 1 is 1.28 bits per heavy atom. The molecule has 0 aliphatic heterocycles. The summed E-state index contributed by atoms with van der Waals surface area (Å²) in [5.74, 6) is 0. The number of H-pyrrole nitrogens is 1. The van der Waals surface area contributed by atoms with Crippen LogP contribution in [0.15, 0.2) is 36.9 Å². The van der Waals surface area contributed by atoms with Gasteiger partial charge >= 0.3 is 7.12 Å². The summed E-state index contributed by atoms with van der Waals surface area (Å²) in [5, 5.41) is 18.9. The summed E-state index contributed by atoms with van der Waals surface area (Å²) >= 11 is 0. The van der Waals surface area contributed by atoms with Crippen molar-refractivity contribution in [2.45, 2.75) is 13.7 Å². The second-order valence-corrected chi connectivity index (χ2v) is 3.82. The van der Waals surface area contributed by atoms with E-state index in [1.807, 2.05) is 12.1 Å². The molecule has 0 amide bonds. The molecule has 94 valence electrons. The number of nitrogens with one attached hydrogen (secondary N) is 1. The predicted octanol–water partition coefficient (Wildman–Crippen LogP) is 1.02. The lowest BCUT2D eigenvalue weighted by molar-refractivity contribution is 0.417.